The number of carboxylic acids is 1. The molecule has 1 aliphatic carbocycles. The van der Waals surface area contributed by atoms with Crippen LogP contribution in [0.4, 0.5) is 13.2 Å². The summed E-state index contributed by atoms with van der Waals surface area (Å²) in [4.78, 5) is 23.5. The second kappa shape index (κ2) is 6.83. The van der Waals surface area contributed by atoms with Crippen LogP contribution in [-0.4, -0.2) is 23.0 Å². The van der Waals surface area contributed by atoms with E-state index in [0.29, 0.717) is 18.4 Å². The number of carbonyl (C=O) groups is 2. The van der Waals surface area contributed by atoms with E-state index in [0.717, 1.165) is 25.0 Å². The van der Waals surface area contributed by atoms with Crippen molar-refractivity contribution in [2.24, 2.45) is 0 Å². The van der Waals surface area contributed by atoms with Crippen LogP contribution in [0.15, 0.2) is 24.3 Å². The highest BCUT2D eigenvalue weighted by Gasteiger charge is 2.44. The van der Waals surface area contributed by atoms with Gasteiger partial charge in [-0.3, -0.25) is 9.59 Å². The fraction of sp³-hybridized carbons (Fsp3) is 0.529. The zero-order chi connectivity index (χ0) is 18.0. The number of nitrogens with one attached hydrogen (secondary N) is 1. The molecule has 132 valence electrons. The Kier molecular flexibility index (Phi) is 5.20. The average Bonchev–Trinajstić information content (AvgIpc) is 2.96. The molecule has 1 fully saturated rings. The molecular formula is C17H20F3NO3. The number of hydrogen-bond acceptors (Lipinski definition) is 2. The smallest absolute Gasteiger partial charge is 0.416 e. The topological polar surface area (TPSA) is 66.4 Å². The van der Waals surface area contributed by atoms with E-state index in [-0.39, 0.29) is 6.42 Å². The standard InChI is InChI=1S/C17H20F3NO3/c1-11(9-14(22)23)21-15(24)16(7-2-3-8-16)12-5-4-6-13(10-12)17(18,19)20/h4-6,10-11H,2-3,7-9H2,1H3,(H,21,24)(H,22,23). The van der Waals surface area contributed by atoms with Crippen LogP contribution in [-0.2, 0) is 21.2 Å². The number of amides is 1. The van der Waals surface area contributed by atoms with Gasteiger partial charge in [0.2, 0.25) is 5.91 Å². The van der Waals surface area contributed by atoms with Crippen molar-refractivity contribution in [3.05, 3.63) is 35.4 Å². The molecule has 2 rings (SSSR count). The first kappa shape index (κ1) is 18.3. The quantitative estimate of drug-likeness (QED) is 0.860. The van der Waals surface area contributed by atoms with Crippen molar-refractivity contribution in [2.45, 2.75) is 56.7 Å². The van der Waals surface area contributed by atoms with Crippen LogP contribution < -0.4 is 5.32 Å². The van der Waals surface area contributed by atoms with Crippen LogP contribution in [0.1, 0.15) is 50.2 Å². The average molecular weight is 343 g/mol. The molecule has 0 heterocycles. The van der Waals surface area contributed by atoms with Crippen molar-refractivity contribution in [3.8, 4) is 0 Å². The van der Waals surface area contributed by atoms with Gasteiger partial charge in [-0.05, 0) is 31.4 Å². The molecule has 24 heavy (non-hydrogen) atoms. The van der Waals surface area contributed by atoms with E-state index >= 15 is 0 Å². The van der Waals surface area contributed by atoms with E-state index in [2.05, 4.69) is 5.32 Å². The van der Waals surface area contributed by atoms with Crippen LogP contribution in [0.5, 0.6) is 0 Å². The highest BCUT2D eigenvalue weighted by Crippen LogP contribution is 2.43. The molecule has 4 nitrogen and oxygen atoms in total. The number of carbonyl (C=O) groups excluding carboxylic acids is 1. The fourth-order valence-corrected chi connectivity index (χ4v) is 3.29. The Balaban J connectivity index is 2.31. The minimum Gasteiger partial charge on any atom is -0.481 e. The van der Waals surface area contributed by atoms with Crippen molar-refractivity contribution in [2.75, 3.05) is 0 Å². The number of carboxylic acid groups (broad SMARTS) is 1. The Morgan fingerprint density at radius 3 is 2.46 bits per heavy atom. The molecule has 1 aromatic rings. The van der Waals surface area contributed by atoms with Crippen LogP contribution in [0.3, 0.4) is 0 Å². The molecule has 7 heteroatoms. The van der Waals surface area contributed by atoms with Crippen molar-refractivity contribution in [1.29, 1.82) is 0 Å². The number of rotatable bonds is 5. The van der Waals surface area contributed by atoms with Crippen molar-refractivity contribution < 1.29 is 27.9 Å². The first-order valence-corrected chi connectivity index (χ1v) is 7.86. The first-order valence-electron chi connectivity index (χ1n) is 7.86. The predicted molar refractivity (Wildman–Crippen MR) is 81.4 cm³/mol. The van der Waals surface area contributed by atoms with Gasteiger partial charge >= 0.3 is 12.1 Å². The Morgan fingerprint density at radius 2 is 1.92 bits per heavy atom. The van der Waals surface area contributed by atoms with Crippen LogP contribution >= 0.6 is 0 Å². The molecule has 1 aromatic carbocycles. The molecule has 1 unspecified atom stereocenters. The summed E-state index contributed by atoms with van der Waals surface area (Å²) >= 11 is 0. The minimum absolute atomic E-state index is 0.232. The molecule has 1 saturated carbocycles. The fourth-order valence-electron chi connectivity index (χ4n) is 3.29. The zero-order valence-corrected chi connectivity index (χ0v) is 13.3. The summed E-state index contributed by atoms with van der Waals surface area (Å²) in [6.07, 6.45) is -2.29. The third kappa shape index (κ3) is 3.88. The third-order valence-electron chi connectivity index (χ3n) is 4.49. The maximum atomic E-state index is 13.0. The monoisotopic (exact) mass is 343 g/mol. The van der Waals surface area contributed by atoms with Crippen LogP contribution in [0.2, 0.25) is 0 Å². The normalized spacial score (nSPS) is 18.2. The molecule has 0 bridgehead atoms. The first-order chi connectivity index (χ1) is 11.1. The maximum Gasteiger partial charge on any atom is 0.416 e. The van der Waals surface area contributed by atoms with Gasteiger partial charge in [0.1, 0.15) is 0 Å². The zero-order valence-electron chi connectivity index (χ0n) is 13.3. The summed E-state index contributed by atoms with van der Waals surface area (Å²) in [5.41, 5.74) is -1.46. The Morgan fingerprint density at radius 1 is 1.29 bits per heavy atom. The van der Waals surface area contributed by atoms with Gasteiger partial charge in [0.15, 0.2) is 0 Å². The number of alkyl halides is 3. The van der Waals surface area contributed by atoms with E-state index in [1.54, 1.807) is 13.0 Å². The summed E-state index contributed by atoms with van der Waals surface area (Å²) in [6.45, 7) is 1.57. The third-order valence-corrected chi connectivity index (χ3v) is 4.49. The molecule has 0 spiro atoms. The summed E-state index contributed by atoms with van der Waals surface area (Å²) < 4.78 is 38.9. The lowest BCUT2D eigenvalue weighted by Crippen LogP contribution is -2.46. The molecule has 1 aliphatic rings. The summed E-state index contributed by atoms with van der Waals surface area (Å²) in [7, 11) is 0. The van der Waals surface area contributed by atoms with Crippen molar-refractivity contribution in [3.63, 3.8) is 0 Å². The van der Waals surface area contributed by atoms with Crippen LogP contribution in [0, 0.1) is 0 Å². The lowest BCUT2D eigenvalue weighted by molar-refractivity contribution is -0.139. The lowest BCUT2D eigenvalue weighted by Gasteiger charge is -2.30. The Bertz CT molecular complexity index is 622. The lowest BCUT2D eigenvalue weighted by atomic mass is 9.77. The van der Waals surface area contributed by atoms with Crippen molar-refractivity contribution in [1.82, 2.24) is 5.32 Å². The van der Waals surface area contributed by atoms with E-state index in [4.69, 9.17) is 5.11 Å². The van der Waals surface area contributed by atoms with E-state index in [9.17, 15) is 22.8 Å². The Hall–Kier alpha value is -2.05. The molecule has 2 N–H and O–H groups in total. The molecule has 0 saturated heterocycles. The second-order valence-electron chi connectivity index (χ2n) is 6.34. The predicted octanol–water partition coefficient (Wildman–Crippen LogP) is 3.50. The largest absolute Gasteiger partial charge is 0.481 e. The maximum absolute atomic E-state index is 13.0. The summed E-state index contributed by atoms with van der Waals surface area (Å²) in [5.74, 6) is -1.43. The molecule has 0 aliphatic heterocycles. The number of aliphatic carboxylic acids is 1. The van der Waals surface area contributed by atoms with Gasteiger partial charge < -0.3 is 10.4 Å². The number of halogens is 3. The highest BCUT2D eigenvalue weighted by molar-refractivity contribution is 5.89. The van der Waals surface area contributed by atoms with Crippen molar-refractivity contribution >= 4 is 11.9 Å². The van der Waals surface area contributed by atoms with E-state index in [1.165, 1.54) is 6.07 Å². The summed E-state index contributed by atoms with van der Waals surface area (Å²) in [6, 6.07) is 4.29. The van der Waals surface area contributed by atoms with Gasteiger partial charge in [-0.2, -0.15) is 13.2 Å². The molecule has 0 radical (unpaired) electrons. The molecule has 1 amide bonds. The number of hydrogen-bond donors (Lipinski definition) is 2. The van der Waals surface area contributed by atoms with E-state index in [1.807, 2.05) is 0 Å². The van der Waals surface area contributed by atoms with Gasteiger partial charge in [-0.15, -0.1) is 0 Å². The minimum atomic E-state index is -4.47. The van der Waals surface area contributed by atoms with Gasteiger partial charge in [0, 0.05) is 6.04 Å². The summed E-state index contributed by atoms with van der Waals surface area (Å²) in [5, 5.41) is 11.4. The van der Waals surface area contributed by atoms with Gasteiger partial charge in [-0.1, -0.05) is 31.0 Å². The highest BCUT2D eigenvalue weighted by atomic mass is 19.4. The number of benzene rings is 1. The van der Waals surface area contributed by atoms with Gasteiger partial charge in [0.05, 0.1) is 17.4 Å². The van der Waals surface area contributed by atoms with Crippen LogP contribution in [0.25, 0.3) is 0 Å². The molecular weight excluding hydrogens is 323 g/mol. The SMILES string of the molecule is CC(CC(=O)O)NC(=O)C1(c2cccc(C(F)(F)F)c2)CCCC1. The molecule has 1 atom stereocenters. The van der Waals surface area contributed by atoms with Gasteiger partial charge in [0.25, 0.3) is 0 Å². The van der Waals surface area contributed by atoms with E-state index < -0.39 is 35.1 Å². The molecule has 0 aromatic heterocycles. The van der Waals surface area contributed by atoms with Gasteiger partial charge in [-0.25, -0.2) is 0 Å². The Labute approximate surface area is 138 Å². The second-order valence-corrected chi connectivity index (χ2v) is 6.34.